The van der Waals surface area contributed by atoms with Crippen LogP contribution < -0.4 is 0 Å². The molecule has 0 aliphatic carbocycles. The molecule has 0 amide bonds. The van der Waals surface area contributed by atoms with Crippen LogP contribution in [-0.4, -0.2) is 26.3 Å². The first-order valence-corrected chi connectivity index (χ1v) is 8.82. The van der Waals surface area contributed by atoms with Gasteiger partial charge in [0.15, 0.2) is 10.9 Å². The number of hydrogen-bond acceptors (Lipinski definition) is 4. The molecule has 0 aliphatic heterocycles. The molecule has 0 atom stereocenters. The fourth-order valence-corrected chi connectivity index (χ4v) is 3.18. The molecule has 0 N–H and O–H groups in total. The highest BCUT2D eigenvalue weighted by atomic mass is 79.9. The van der Waals surface area contributed by atoms with Crippen molar-refractivity contribution in [2.75, 3.05) is 5.75 Å². The van der Waals surface area contributed by atoms with Crippen LogP contribution in [0.1, 0.15) is 29.0 Å². The van der Waals surface area contributed by atoms with Crippen molar-refractivity contribution in [3.05, 3.63) is 52.8 Å². The second kappa shape index (κ2) is 8.29. The van der Waals surface area contributed by atoms with Crippen molar-refractivity contribution in [2.45, 2.75) is 31.5 Å². The SMILES string of the molecule is C=CCn1c(C)nnc1SCCCC(=O)c1ccc(Br)cc1. The van der Waals surface area contributed by atoms with Crippen molar-refractivity contribution in [3.63, 3.8) is 0 Å². The van der Waals surface area contributed by atoms with E-state index in [1.165, 1.54) is 0 Å². The van der Waals surface area contributed by atoms with Gasteiger partial charge in [0.05, 0.1) is 0 Å². The average molecular weight is 380 g/mol. The van der Waals surface area contributed by atoms with Gasteiger partial charge in [-0.3, -0.25) is 4.79 Å². The van der Waals surface area contributed by atoms with Crippen LogP contribution in [0.5, 0.6) is 0 Å². The quantitative estimate of drug-likeness (QED) is 0.297. The molecule has 0 bridgehead atoms. The molecule has 1 aromatic heterocycles. The van der Waals surface area contributed by atoms with Gasteiger partial charge in [0.1, 0.15) is 5.82 Å². The van der Waals surface area contributed by atoms with Crippen LogP contribution in [-0.2, 0) is 6.54 Å². The van der Waals surface area contributed by atoms with E-state index in [1.807, 2.05) is 41.8 Å². The minimum Gasteiger partial charge on any atom is -0.302 e. The topological polar surface area (TPSA) is 47.8 Å². The first kappa shape index (κ1) is 17.0. The summed E-state index contributed by atoms with van der Waals surface area (Å²) in [4.78, 5) is 12.1. The number of Topliss-reactive ketones (excluding diaryl/α,β-unsaturated/α-hetero) is 1. The van der Waals surface area contributed by atoms with Crippen LogP contribution in [0.4, 0.5) is 0 Å². The molecule has 0 radical (unpaired) electrons. The molecule has 1 aromatic carbocycles. The fourth-order valence-electron chi connectivity index (χ4n) is 1.98. The lowest BCUT2D eigenvalue weighted by Crippen LogP contribution is -2.02. The molecular weight excluding hydrogens is 362 g/mol. The summed E-state index contributed by atoms with van der Waals surface area (Å²) in [6, 6.07) is 7.48. The number of hydrogen-bond donors (Lipinski definition) is 0. The summed E-state index contributed by atoms with van der Waals surface area (Å²) in [7, 11) is 0. The van der Waals surface area contributed by atoms with Gasteiger partial charge in [-0.1, -0.05) is 45.9 Å². The van der Waals surface area contributed by atoms with Gasteiger partial charge in [-0.15, -0.1) is 16.8 Å². The van der Waals surface area contributed by atoms with E-state index in [4.69, 9.17) is 0 Å². The van der Waals surface area contributed by atoms with Crippen LogP contribution in [0.25, 0.3) is 0 Å². The Balaban J connectivity index is 1.81. The molecule has 0 fully saturated rings. The van der Waals surface area contributed by atoms with E-state index < -0.39 is 0 Å². The first-order chi connectivity index (χ1) is 10.6. The molecular formula is C16H18BrN3OS. The van der Waals surface area contributed by atoms with Gasteiger partial charge in [0.25, 0.3) is 0 Å². The molecule has 0 spiro atoms. The third-order valence-corrected chi connectivity index (χ3v) is 4.74. The maximum absolute atomic E-state index is 12.1. The van der Waals surface area contributed by atoms with Gasteiger partial charge >= 0.3 is 0 Å². The summed E-state index contributed by atoms with van der Waals surface area (Å²) in [6.45, 7) is 6.38. The van der Waals surface area contributed by atoms with Gasteiger partial charge in [0.2, 0.25) is 0 Å². The molecule has 0 saturated carbocycles. The van der Waals surface area contributed by atoms with Gasteiger partial charge < -0.3 is 4.57 Å². The van der Waals surface area contributed by atoms with Crippen molar-refractivity contribution < 1.29 is 4.79 Å². The smallest absolute Gasteiger partial charge is 0.191 e. The number of carbonyl (C=O) groups excluding carboxylic acids is 1. The van der Waals surface area contributed by atoms with E-state index in [2.05, 4.69) is 32.7 Å². The fraction of sp³-hybridized carbons (Fsp3) is 0.312. The highest BCUT2D eigenvalue weighted by Crippen LogP contribution is 2.19. The van der Waals surface area contributed by atoms with E-state index in [0.29, 0.717) is 13.0 Å². The van der Waals surface area contributed by atoms with Crippen molar-refractivity contribution >= 4 is 33.5 Å². The number of carbonyl (C=O) groups is 1. The Labute approximate surface area is 143 Å². The van der Waals surface area contributed by atoms with Gasteiger partial charge in [-0.25, -0.2) is 0 Å². The predicted octanol–water partition coefficient (Wildman–Crippen LogP) is 4.29. The van der Waals surface area contributed by atoms with E-state index >= 15 is 0 Å². The zero-order chi connectivity index (χ0) is 15.9. The normalized spacial score (nSPS) is 10.6. The average Bonchev–Trinajstić information content (AvgIpc) is 2.85. The highest BCUT2D eigenvalue weighted by Gasteiger charge is 2.09. The molecule has 4 nitrogen and oxygen atoms in total. The molecule has 2 rings (SSSR count). The predicted molar refractivity (Wildman–Crippen MR) is 93.4 cm³/mol. The Morgan fingerprint density at radius 1 is 1.36 bits per heavy atom. The number of benzene rings is 1. The molecule has 6 heteroatoms. The number of ketones is 1. The van der Waals surface area contributed by atoms with Crippen LogP contribution in [0.3, 0.4) is 0 Å². The van der Waals surface area contributed by atoms with E-state index in [1.54, 1.807) is 11.8 Å². The molecule has 1 heterocycles. The summed E-state index contributed by atoms with van der Waals surface area (Å²) in [5.41, 5.74) is 0.763. The molecule has 22 heavy (non-hydrogen) atoms. The van der Waals surface area contributed by atoms with Crippen molar-refractivity contribution in [2.24, 2.45) is 0 Å². The van der Waals surface area contributed by atoms with Crippen LogP contribution in [0.2, 0.25) is 0 Å². The second-order valence-corrected chi connectivity index (χ2v) is 6.79. The largest absolute Gasteiger partial charge is 0.302 e. The summed E-state index contributed by atoms with van der Waals surface area (Å²) in [5, 5.41) is 9.12. The Morgan fingerprint density at radius 3 is 2.77 bits per heavy atom. The van der Waals surface area contributed by atoms with Crippen LogP contribution in [0, 0.1) is 6.92 Å². The Bertz CT molecular complexity index is 652. The molecule has 0 saturated heterocycles. The van der Waals surface area contributed by atoms with E-state index in [-0.39, 0.29) is 5.78 Å². The number of thioether (sulfide) groups is 1. The molecule has 0 aliphatic rings. The zero-order valence-electron chi connectivity index (χ0n) is 12.5. The number of rotatable bonds is 8. The second-order valence-electron chi connectivity index (χ2n) is 4.81. The number of aryl methyl sites for hydroxylation is 1. The number of allylic oxidation sites excluding steroid dienone is 1. The van der Waals surface area contributed by atoms with E-state index in [9.17, 15) is 4.79 Å². The lowest BCUT2D eigenvalue weighted by Gasteiger charge is -2.05. The third-order valence-electron chi connectivity index (χ3n) is 3.16. The maximum atomic E-state index is 12.1. The molecule has 116 valence electrons. The first-order valence-electron chi connectivity index (χ1n) is 7.04. The van der Waals surface area contributed by atoms with Gasteiger partial charge in [-0.2, -0.15) is 0 Å². The minimum atomic E-state index is 0.178. The van der Waals surface area contributed by atoms with Crippen LogP contribution in [0.15, 0.2) is 46.5 Å². The van der Waals surface area contributed by atoms with E-state index in [0.717, 1.165) is 33.2 Å². The molecule has 0 unspecified atom stereocenters. The number of nitrogens with zero attached hydrogens (tertiary/aromatic N) is 3. The minimum absolute atomic E-state index is 0.178. The monoisotopic (exact) mass is 379 g/mol. The Kier molecular flexibility index (Phi) is 6.39. The Hall–Kier alpha value is -1.40. The lowest BCUT2D eigenvalue weighted by atomic mass is 10.1. The lowest BCUT2D eigenvalue weighted by molar-refractivity contribution is 0.0982. The van der Waals surface area contributed by atoms with Crippen molar-refractivity contribution in [1.29, 1.82) is 0 Å². The standard InChI is InChI=1S/C16H18BrN3OS/c1-3-10-20-12(2)18-19-16(20)22-11-4-5-15(21)13-6-8-14(17)9-7-13/h3,6-9H,1,4-5,10-11H2,2H3. The maximum Gasteiger partial charge on any atom is 0.191 e. The highest BCUT2D eigenvalue weighted by molar-refractivity contribution is 9.10. The summed E-state index contributed by atoms with van der Waals surface area (Å²) in [6.07, 6.45) is 3.19. The van der Waals surface area contributed by atoms with Gasteiger partial charge in [-0.05, 0) is 25.5 Å². The van der Waals surface area contributed by atoms with Crippen LogP contribution >= 0.6 is 27.7 Å². The molecule has 2 aromatic rings. The summed E-state index contributed by atoms with van der Waals surface area (Å²) in [5.74, 6) is 1.91. The third kappa shape index (κ3) is 4.55. The van der Waals surface area contributed by atoms with Crippen molar-refractivity contribution in [3.8, 4) is 0 Å². The Morgan fingerprint density at radius 2 is 2.09 bits per heavy atom. The number of halogens is 1. The number of aromatic nitrogens is 3. The summed E-state index contributed by atoms with van der Waals surface area (Å²) >= 11 is 5.00. The van der Waals surface area contributed by atoms with Crippen molar-refractivity contribution in [1.82, 2.24) is 14.8 Å². The summed E-state index contributed by atoms with van der Waals surface area (Å²) < 4.78 is 3.00. The van der Waals surface area contributed by atoms with Gasteiger partial charge in [0, 0.05) is 28.8 Å². The zero-order valence-corrected chi connectivity index (χ0v) is 14.9.